The van der Waals surface area contributed by atoms with Crippen LogP contribution in [0.5, 0.6) is 11.5 Å². The Hall–Kier alpha value is -2.26. The molecule has 0 aromatic heterocycles. The molecule has 9 heteroatoms. The Balaban J connectivity index is 2.02. The largest absolute Gasteiger partial charge is 0.497 e. The van der Waals surface area contributed by atoms with Crippen LogP contribution in [-0.2, 0) is 28.4 Å². The van der Waals surface area contributed by atoms with Gasteiger partial charge in [0.1, 0.15) is 11.5 Å². The minimum Gasteiger partial charge on any atom is -0.497 e. The first-order valence-corrected chi connectivity index (χ1v) is 9.64. The van der Waals surface area contributed by atoms with Gasteiger partial charge in [-0.2, -0.15) is 13.2 Å². The highest BCUT2D eigenvalue weighted by Gasteiger charge is 2.30. The molecular weight excluding hydrogens is 383 g/mol. The lowest BCUT2D eigenvalue weighted by Gasteiger charge is -2.12. The molecule has 0 bridgehead atoms. The van der Waals surface area contributed by atoms with Gasteiger partial charge in [-0.1, -0.05) is 18.2 Å². The van der Waals surface area contributed by atoms with E-state index in [0.29, 0.717) is 17.9 Å². The zero-order valence-corrected chi connectivity index (χ0v) is 15.7. The molecule has 0 fully saturated rings. The van der Waals surface area contributed by atoms with Gasteiger partial charge in [0.05, 0.1) is 25.5 Å². The third-order valence-electron chi connectivity index (χ3n) is 3.81. The second kappa shape index (κ2) is 8.62. The molecule has 0 aliphatic rings. The molecular formula is C18H20F3NO4S. The summed E-state index contributed by atoms with van der Waals surface area (Å²) in [6.07, 6.45) is -4.18. The topological polar surface area (TPSA) is 64.6 Å². The molecule has 0 aliphatic heterocycles. The van der Waals surface area contributed by atoms with Gasteiger partial charge in [-0.15, -0.1) is 0 Å². The Kier molecular flexibility index (Phi) is 6.72. The van der Waals surface area contributed by atoms with Crippen LogP contribution < -0.4 is 14.2 Å². The second-order valence-corrected chi connectivity index (χ2v) is 7.59. The molecule has 2 aromatic carbocycles. The lowest BCUT2D eigenvalue weighted by atomic mass is 10.1. The summed E-state index contributed by atoms with van der Waals surface area (Å²) in [4.78, 5) is 0. The normalized spacial score (nSPS) is 12.0. The maximum absolute atomic E-state index is 12.7. The average Bonchev–Trinajstić information content (AvgIpc) is 2.60. The number of halogens is 3. The number of rotatable bonds is 8. The van der Waals surface area contributed by atoms with Crippen LogP contribution in [0.25, 0.3) is 0 Å². The van der Waals surface area contributed by atoms with Crippen molar-refractivity contribution in [1.82, 2.24) is 4.72 Å². The summed E-state index contributed by atoms with van der Waals surface area (Å²) < 4.78 is 75.3. The summed E-state index contributed by atoms with van der Waals surface area (Å²) in [5, 5.41) is 0. The predicted molar refractivity (Wildman–Crippen MR) is 95.3 cm³/mol. The van der Waals surface area contributed by atoms with Crippen LogP contribution in [0.4, 0.5) is 13.2 Å². The third kappa shape index (κ3) is 6.14. The van der Waals surface area contributed by atoms with E-state index < -0.39 is 27.5 Å². The number of benzene rings is 2. The Bertz CT molecular complexity index is 882. The Labute approximate surface area is 156 Å². The van der Waals surface area contributed by atoms with Gasteiger partial charge in [-0.3, -0.25) is 0 Å². The number of hydrogen-bond acceptors (Lipinski definition) is 4. The van der Waals surface area contributed by atoms with E-state index >= 15 is 0 Å². The summed E-state index contributed by atoms with van der Waals surface area (Å²) in [5.74, 6) is 0.664. The van der Waals surface area contributed by atoms with Crippen molar-refractivity contribution in [3.63, 3.8) is 0 Å². The fourth-order valence-electron chi connectivity index (χ4n) is 2.53. The first-order valence-electron chi connectivity index (χ1n) is 7.99. The SMILES string of the molecule is COc1ccc(OC)c(CCNS(=O)(=O)Cc2cccc(C(F)(F)F)c2)c1. The average molecular weight is 403 g/mol. The number of ether oxygens (including phenoxy) is 2. The standard InChI is InChI=1S/C18H20F3NO4S/c1-25-16-6-7-17(26-2)14(11-16)8-9-22-27(23,24)12-13-4-3-5-15(10-13)18(19,20)21/h3-7,10-11,22H,8-9,12H2,1-2H3. The summed E-state index contributed by atoms with van der Waals surface area (Å²) in [5.41, 5.74) is -0.0637. The molecule has 0 aliphatic carbocycles. The highest BCUT2D eigenvalue weighted by molar-refractivity contribution is 7.88. The Morgan fingerprint density at radius 3 is 2.41 bits per heavy atom. The number of alkyl halides is 3. The Morgan fingerprint density at radius 1 is 1.04 bits per heavy atom. The fraction of sp³-hybridized carbons (Fsp3) is 0.333. The number of methoxy groups -OCH3 is 2. The monoisotopic (exact) mass is 403 g/mol. The first kappa shape index (κ1) is 21.0. The zero-order chi connectivity index (χ0) is 20.1. The van der Waals surface area contributed by atoms with E-state index in [-0.39, 0.29) is 12.1 Å². The molecule has 5 nitrogen and oxygen atoms in total. The van der Waals surface area contributed by atoms with Gasteiger partial charge >= 0.3 is 6.18 Å². The number of hydrogen-bond donors (Lipinski definition) is 1. The van der Waals surface area contributed by atoms with Crippen molar-refractivity contribution >= 4 is 10.0 Å². The summed E-state index contributed by atoms with van der Waals surface area (Å²) in [7, 11) is -0.771. The summed E-state index contributed by atoms with van der Waals surface area (Å²) >= 11 is 0. The molecule has 27 heavy (non-hydrogen) atoms. The number of nitrogens with one attached hydrogen (secondary N) is 1. The molecule has 0 saturated carbocycles. The molecule has 0 radical (unpaired) electrons. The van der Waals surface area contributed by atoms with Crippen LogP contribution in [0.1, 0.15) is 16.7 Å². The van der Waals surface area contributed by atoms with Crippen LogP contribution in [-0.4, -0.2) is 29.2 Å². The van der Waals surface area contributed by atoms with E-state index in [0.717, 1.165) is 17.7 Å². The van der Waals surface area contributed by atoms with Crippen molar-refractivity contribution in [3.8, 4) is 11.5 Å². The molecule has 2 rings (SSSR count). The van der Waals surface area contributed by atoms with E-state index in [4.69, 9.17) is 9.47 Å². The van der Waals surface area contributed by atoms with Gasteiger partial charge in [0.15, 0.2) is 0 Å². The van der Waals surface area contributed by atoms with Crippen LogP contribution in [0.15, 0.2) is 42.5 Å². The van der Waals surface area contributed by atoms with Crippen LogP contribution in [0, 0.1) is 0 Å². The van der Waals surface area contributed by atoms with Crippen molar-refractivity contribution in [2.24, 2.45) is 0 Å². The van der Waals surface area contributed by atoms with Crippen molar-refractivity contribution in [1.29, 1.82) is 0 Å². The van der Waals surface area contributed by atoms with E-state index in [1.807, 2.05) is 0 Å². The van der Waals surface area contributed by atoms with Crippen LogP contribution in [0.2, 0.25) is 0 Å². The van der Waals surface area contributed by atoms with Crippen molar-refractivity contribution < 1.29 is 31.1 Å². The van der Waals surface area contributed by atoms with Gasteiger partial charge in [0.25, 0.3) is 0 Å². The molecule has 0 heterocycles. The van der Waals surface area contributed by atoms with Crippen molar-refractivity contribution in [3.05, 3.63) is 59.2 Å². The molecule has 0 atom stereocenters. The smallest absolute Gasteiger partial charge is 0.416 e. The van der Waals surface area contributed by atoms with E-state index in [9.17, 15) is 21.6 Å². The Morgan fingerprint density at radius 2 is 1.78 bits per heavy atom. The van der Waals surface area contributed by atoms with Crippen LogP contribution in [0.3, 0.4) is 0 Å². The van der Waals surface area contributed by atoms with E-state index in [1.54, 1.807) is 18.2 Å². The fourth-order valence-corrected chi connectivity index (χ4v) is 3.66. The van der Waals surface area contributed by atoms with Gasteiger partial charge in [-0.05, 0) is 41.8 Å². The molecule has 0 saturated heterocycles. The second-order valence-electron chi connectivity index (χ2n) is 5.78. The van der Waals surface area contributed by atoms with E-state index in [1.165, 1.54) is 26.4 Å². The quantitative estimate of drug-likeness (QED) is 0.734. The molecule has 148 valence electrons. The highest BCUT2D eigenvalue weighted by Crippen LogP contribution is 2.30. The van der Waals surface area contributed by atoms with Crippen molar-refractivity contribution in [2.75, 3.05) is 20.8 Å². The highest BCUT2D eigenvalue weighted by atomic mass is 32.2. The zero-order valence-electron chi connectivity index (χ0n) is 14.8. The van der Waals surface area contributed by atoms with Gasteiger partial charge in [-0.25, -0.2) is 13.1 Å². The van der Waals surface area contributed by atoms with E-state index in [2.05, 4.69) is 4.72 Å². The lowest BCUT2D eigenvalue weighted by Crippen LogP contribution is -2.27. The summed E-state index contributed by atoms with van der Waals surface area (Å²) in [6.45, 7) is 0.0742. The minimum absolute atomic E-state index is 0.0660. The molecule has 1 N–H and O–H groups in total. The first-order chi connectivity index (χ1) is 12.6. The maximum Gasteiger partial charge on any atom is 0.416 e. The maximum atomic E-state index is 12.7. The van der Waals surface area contributed by atoms with Crippen molar-refractivity contribution in [2.45, 2.75) is 18.3 Å². The number of sulfonamides is 1. The molecule has 2 aromatic rings. The molecule has 0 spiro atoms. The summed E-state index contributed by atoms with van der Waals surface area (Å²) in [6, 6.07) is 9.45. The van der Waals surface area contributed by atoms with Gasteiger partial charge < -0.3 is 9.47 Å². The predicted octanol–water partition coefficient (Wildman–Crippen LogP) is 3.38. The lowest BCUT2D eigenvalue weighted by molar-refractivity contribution is -0.137. The van der Waals surface area contributed by atoms with Crippen LogP contribution >= 0.6 is 0 Å². The third-order valence-corrected chi connectivity index (χ3v) is 5.17. The minimum atomic E-state index is -4.52. The molecule has 0 amide bonds. The van der Waals surface area contributed by atoms with Gasteiger partial charge in [0, 0.05) is 6.54 Å². The molecule has 0 unspecified atom stereocenters. The van der Waals surface area contributed by atoms with Gasteiger partial charge in [0.2, 0.25) is 10.0 Å².